The highest BCUT2D eigenvalue weighted by atomic mass is 16.5. The van der Waals surface area contributed by atoms with Gasteiger partial charge in [-0.2, -0.15) is 0 Å². The number of nitrogens with zero attached hydrogens (tertiary/aromatic N) is 1. The SMILES string of the molecule is CCC(c1cccc(O)c1)C(C)C(c1cccc(C(=O)O)c1OC(C)=O)N(C)C. The van der Waals surface area contributed by atoms with Gasteiger partial charge in [0.25, 0.3) is 0 Å². The number of carboxylic acid groups (broad SMARTS) is 1. The van der Waals surface area contributed by atoms with Gasteiger partial charge in [-0.15, -0.1) is 0 Å². The van der Waals surface area contributed by atoms with Gasteiger partial charge in [-0.1, -0.05) is 38.1 Å². The summed E-state index contributed by atoms with van der Waals surface area (Å²) in [6.45, 7) is 5.44. The third-order valence-electron chi connectivity index (χ3n) is 5.27. The van der Waals surface area contributed by atoms with E-state index in [1.54, 1.807) is 24.3 Å². The quantitative estimate of drug-likeness (QED) is 0.504. The zero-order valence-electron chi connectivity index (χ0n) is 17.5. The molecule has 6 nitrogen and oxygen atoms in total. The molecule has 0 aliphatic carbocycles. The fourth-order valence-electron chi connectivity index (χ4n) is 4.13. The van der Waals surface area contributed by atoms with E-state index in [4.69, 9.17) is 4.74 Å². The first-order valence-corrected chi connectivity index (χ1v) is 9.67. The number of hydrogen-bond acceptors (Lipinski definition) is 5. The first-order chi connectivity index (χ1) is 13.7. The molecule has 2 aromatic rings. The highest BCUT2D eigenvalue weighted by Crippen LogP contribution is 2.43. The van der Waals surface area contributed by atoms with E-state index in [0.29, 0.717) is 5.56 Å². The fourth-order valence-corrected chi connectivity index (χ4v) is 4.13. The van der Waals surface area contributed by atoms with Crippen LogP contribution >= 0.6 is 0 Å². The molecule has 2 rings (SSSR count). The van der Waals surface area contributed by atoms with Gasteiger partial charge in [-0.05, 0) is 56.1 Å². The number of phenols is 1. The van der Waals surface area contributed by atoms with E-state index in [9.17, 15) is 19.8 Å². The molecule has 0 aliphatic rings. The van der Waals surface area contributed by atoms with E-state index in [1.165, 1.54) is 13.0 Å². The molecule has 0 fully saturated rings. The average Bonchev–Trinajstić information content (AvgIpc) is 2.63. The van der Waals surface area contributed by atoms with Crippen molar-refractivity contribution in [1.82, 2.24) is 4.90 Å². The maximum Gasteiger partial charge on any atom is 0.339 e. The molecule has 2 N–H and O–H groups in total. The normalized spacial score (nSPS) is 14.3. The molecule has 3 atom stereocenters. The topological polar surface area (TPSA) is 87.1 Å². The highest BCUT2D eigenvalue weighted by molar-refractivity contribution is 5.92. The number of hydrogen-bond donors (Lipinski definition) is 2. The number of carbonyl (C=O) groups is 2. The van der Waals surface area contributed by atoms with E-state index < -0.39 is 11.9 Å². The maximum atomic E-state index is 11.7. The monoisotopic (exact) mass is 399 g/mol. The first kappa shape index (κ1) is 22.4. The molecule has 0 aromatic heterocycles. The molecule has 6 heteroatoms. The van der Waals surface area contributed by atoms with Crippen molar-refractivity contribution >= 4 is 11.9 Å². The Morgan fingerprint density at radius 1 is 1.14 bits per heavy atom. The molecular formula is C23H29NO5. The van der Waals surface area contributed by atoms with Crippen molar-refractivity contribution in [2.45, 2.75) is 39.2 Å². The molecule has 0 spiro atoms. The summed E-state index contributed by atoms with van der Waals surface area (Å²) in [6, 6.07) is 11.9. The highest BCUT2D eigenvalue weighted by Gasteiger charge is 2.32. The standard InChI is InChI=1S/C23H29NO5/c1-6-18(16-9-7-10-17(26)13-16)14(2)21(24(4)5)19-11-8-12-20(23(27)28)22(19)29-15(3)25/h7-14,18,21,26H,6H2,1-5H3,(H,27,28). The van der Waals surface area contributed by atoms with Gasteiger partial charge >= 0.3 is 11.9 Å². The third kappa shape index (κ3) is 5.15. The van der Waals surface area contributed by atoms with Gasteiger partial charge in [0.05, 0.1) is 0 Å². The van der Waals surface area contributed by atoms with E-state index in [-0.39, 0.29) is 34.9 Å². The zero-order valence-corrected chi connectivity index (χ0v) is 17.5. The Hall–Kier alpha value is -2.86. The first-order valence-electron chi connectivity index (χ1n) is 9.67. The number of aromatic carboxylic acids is 1. The number of benzene rings is 2. The van der Waals surface area contributed by atoms with Gasteiger partial charge in [0.2, 0.25) is 0 Å². The Morgan fingerprint density at radius 3 is 2.31 bits per heavy atom. The number of aromatic hydroxyl groups is 1. The minimum atomic E-state index is -1.15. The molecule has 3 unspecified atom stereocenters. The van der Waals surface area contributed by atoms with Crippen molar-refractivity contribution in [3.63, 3.8) is 0 Å². The van der Waals surface area contributed by atoms with Crippen LogP contribution in [0.5, 0.6) is 11.5 Å². The lowest BCUT2D eigenvalue weighted by Crippen LogP contribution is -2.30. The smallest absolute Gasteiger partial charge is 0.339 e. The van der Waals surface area contributed by atoms with Gasteiger partial charge in [-0.3, -0.25) is 4.79 Å². The molecule has 0 saturated carbocycles. The van der Waals surface area contributed by atoms with Crippen molar-refractivity contribution < 1.29 is 24.5 Å². The van der Waals surface area contributed by atoms with Crippen LogP contribution in [-0.2, 0) is 4.79 Å². The van der Waals surface area contributed by atoms with Crippen LogP contribution in [-0.4, -0.2) is 41.1 Å². The van der Waals surface area contributed by atoms with E-state index in [2.05, 4.69) is 13.8 Å². The van der Waals surface area contributed by atoms with Gasteiger partial charge in [0.15, 0.2) is 0 Å². The predicted molar refractivity (Wildman–Crippen MR) is 111 cm³/mol. The van der Waals surface area contributed by atoms with Crippen molar-refractivity contribution in [3.8, 4) is 11.5 Å². The Balaban J connectivity index is 2.59. The van der Waals surface area contributed by atoms with Gasteiger partial charge in [0.1, 0.15) is 17.1 Å². The summed E-state index contributed by atoms with van der Waals surface area (Å²) < 4.78 is 5.37. The molecular weight excluding hydrogens is 370 g/mol. The molecule has 0 radical (unpaired) electrons. The van der Waals surface area contributed by atoms with Crippen LogP contribution in [0.25, 0.3) is 0 Å². The maximum absolute atomic E-state index is 11.7. The van der Waals surface area contributed by atoms with Crippen molar-refractivity contribution in [2.75, 3.05) is 14.1 Å². The number of phenolic OH excluding ortho intramolecular Hbond substituents is 1. The molecule has 0 aliphatic heterocycles. The number of esters is 1. The van der Waals surface area contributed by atoms with Gasteiger partial charge in [0, 0.05) is 18.5 Å². The van der Waals surface area contributed by atoms with Crippen LogP contribution in [0.15, 0.2) is 42.5 Å². The van der Waals surface area contributed by atoms with E-state index >= 15 is 0 Å². The Kier molecular flexibility index (Phi) is 7.40. The van der Waals surface area contributed by atoms with Gasteiger partial charge in [-0.25, -0.2) is 4.79 Å². The predicted octanol–water partition coefficient (Wildman–Crippen LogP) is 4.45. The molecule has 0 saturated heterocycles. The summed E-state index contributed by atoms with van der Waals surface area (Å²) in [4.78, 5) is 25.4. The number of rotatable bonds is 8. The summed E-state index contributed by atoms with van der Waals surface area (Å²) in [6.07, 6.45) is 0.830. The summed E-state index contributed by atoms with van der Waals surface area (Å²) in [7, 11) is 3.84. The van der Waals surface area contributed by atoms with Crippen LogP contribution in [0.1, 0.15) is 60.6 Å². The molecule has 156 valence electrons. The Morgan fingerprint density at radius 2 is 1.79 bits per heavy atom. The second-order valence-electron chi connectivity index (χ2n) is 7.50. The lowest BCUT2D eigenvalue weighted by Gasteiger charge is -2.36. The molecule has 29 heavy (non-hydrogen) atoms. The van der Waals surface area contributed by atoms with E-state index in [0.717, 1.165) is 12.0 Å². The molecule has 0 heterocycles. The molecule has 0 amide bonds. The van der Waals surface area contributed by atoms with Crippen LogP contribution in [0.4, 0.5) is 0 Å². The molecule has 0 bridgehead atoms. The number of carbonyl (C=O) groups excluding carboxylic acids is 1. The van der Waals surface area contributed by atoms with Crippen molar-refractivity contribution in [3.05, 3.63) is 59.2 Å². The van der Waals surface area contributed by atoms with Crippen molar-refractivity contribution in [2.24, 2.45) is 5.92 Å². The summed E-state index contributed by atoms with van der Waals surface area (Å²) in [5, 5.41) is 19.5. The van der Waals surface area contributed by atoms with Gasteiger partial charge < -0.3 is 19.8 Å². The zero-order chi connectivity index (χ0) is 21.7. The lowest BCUT2D eigenvalue weighted by molar-refractivity contribution is -0.132. The Bertz CT molecular complexity index is 877. The number of para-hydroxylation sites is 1. The van der Waals surface area contributed by atoms with Crippen LogP contribution < -0.4 is 4.74 Å². The minimum Gasteiger partial charge on any atom is -0.508 e. The summed E-state index contributed by atoms with van der Waals surface area (Å²) in [5.74, 6) is -1.27. The summed E-state index contributed by atoms with van der Waals surface area (Å²) >= 11 is 0. The third-order valence-corrected chi connectivity index (χ3v) is 5.27. The van der Waals surface area contributed by atoms with Crippen molar-refractivity contribution in [1.29, 1.82) is 0 Å². The van der Waals surface area contributed by atoms with Crippen LogP contribution in [0.2, 0.25) is 0 Å². The second kappa shape index (κ2) is 9.56. The number of carboxylic acids is 1. The summed E-state index contributed by atoms with van der Waals surface area (Å²) in [5.41, 5.74) is 1.62. The minimum absolute atomic E-state index is 0.0372. The van der Waals surface area contributed by atoms with E-state index in [1.807, 2.05) is 31.1 Å². The molecule has 2 aromatic carbocycles. The second-order valence-corrected chi connectivity index (χ2v) is 7.50. The average molecular weight is 399 g/mol. The number of ether oxygens (including phenoxy) is 1. The fraction of sp³-hybridized carbons (Fsp3) is 0.391. The van der Waals surface area contributed by atoms with Crippen LogP contribution in [0.3, 0.4) is 0 Å². The van der Waals surface area contributed by atoms with Crippen LogP contribution in [0, 0.1) is 5.92 Å². The lowest BCUT2D eigenvalue weighted by atomic mass is 9.77. The largest absolute Gasteiger partial charge is 0.508 e. The Labute approximate surface area is 171 Å².